The Labute approximate surface area is 69.4 Å². The summed E-state index contributed by atoms with van der Waals surface area (Å²) in [6, 6.07) is 3.10. The number of aromatic nitrogens is 1. The van der Waals surface area contributed by atoms with Gasteiger partial charge < -0.3 is 0 Å². The highest BCUT2D eigenvalue weighted by Crippen LogP contribution is 2.05. The van der Waals surface area contributed by atoms with Gasteiger partial charge in [0.15, 0.2) is 0 Å². The molecule has 0 amide bonds. The predicted octanol–water partition coefficient (Wildman–Crippen LogP) is 1.59. The molecule has 0 aliphatic heterocycles. The van der Waals surface area contributed by atoms with E-state index >= 15 is 0 Å². The zero-order valence-corrected chi connectivity index (χ0v) is 6.99. The van der Waals surface area contributed by atoms with Crippen LogP contribution in [0.1, 0.15) is 5.69 Å². The summed E-state index contributed by atoms with van der Waals surface area (Å²) in [5.74, 6) is 0.472. The molecule has 11 heavy (non-hydrogen) atoms. The minimum Gasteiger partial charge on any atom is -0.267 e. The van der Waals surface area contributed by atoms with Crippen molar-refractivity contribution in [1.82, 2.24) is 9.71 Å². The molecule has 60 valence electrons. The van der Waals surface area contributed by atoms with Gasteiger partial charge in [-0.3, -0.25) is 9.71 Å². The summed E-state index contributed by atoms with van der Waals surface area (Å²) in [5.41, 5.74) is 0.880. The maximum atomic E-state index is 12.3. The van der Waals surface area contributed by atoms with Crippen LogP contribution in [0.4, 0.5) is 4.39 Å². The lowest BCUT2D eigenvalue weighted by atomic mass is 10.4. The van der Waals surface area contributed by atoms with Crippen LogP contribution < -0.4 is 4.72 Å². The standard InChI is InChI=1S/C7H9FN2S/c1-9-11-5-7-3-2-6(8)4-10-7/h2-4,9H,5H2,1H3. The van der Waals surface area contributed by atoms with Crippen molar-refractivity contribution in [3.8, 4) is 0 Å². The molecule has 0 aromatic carbocycles. The van der Waals surface area contributed by atoms with Gasteiger partial charge in [-0.05, 0) is 19.2 Å². The molecule has 0 unspecified atom stereocenters. The molecule has 0 saturated carbocycles. The lowest BCUT2D eigenvalue weighted by molar-refractivity contribution is 0.620. The van der Waals surface area contributed by atoms with Gasteiger partial charge in [-0.1, -0.05) is 11.9 Å². The maximum absolute atomic E-state index is 12.3. The Kier molecular flexibility index (Phi) is 3.32. The highest BCUT2D eigenvalue weighted by Gasteiger charge is 1.93. The van der Waals surface area contributed by atoms with Crippen molar-refractivity contribution < 1.29 is 4.39 Å². The van der Waals surface area contributed by atoms with E-state index in [1.165, 1.54) is 24.2 Å². The Morgan fingerprint density at radius 2 is 2.45 bits per heavy atom. The fourth-order valence-electron chi connectivity index (χ4n) is 0.638. The SMILES string of the molecule is CNSCc1ccc(F)cn1. The second kappa shape index (κ2) is 4.31. The number of nitrogens with one attached hydrogen (secondary N) is 1. The first kappa shape index (κ1) is 8.49. The third-order valence-electron chi connectivity index (χ3n) is 1.15. The van der Waals surface area contributed by atoms with Crippen LogP contribution >= 0.6 is 11.9 Å². The van der Waals surface area contributed by atoms with Gasteiger partial charge in [-0.25, -0.2) is 4.39 Å². The molecule has 1 aromatic rings. The second-order valence-electron chi connectivity index (χ2n) is 1.96. The summed E-state index contributed by atoms with van der Waals surface area (Å²) in [6.45, 7) is 0. The van der Waals surface area contributed by atoms with E-state index in [4.69, 9.17) is 0 Å². The summed E-state index contributed by atoms with van der Waals surface area (Å²) < 4.78 is 15.2. The summed E-state index contributed by atoms with van der Waals surface area (Å²) in [4.78, 5) is 3.88. The highest BCUT2D eigenvalue weighted by molar-refractivity contribution is 7.96. The Morgan fingerprint density at radius 1 is 1.64 bits per heavy atom. The molecule has 0 radical (unpaired) electrons. The molecule has 1 heterocycles. The molecule has 1 rings (SSSR count). The lowest BCUT2D eigenvalue weighted by Crippen LogP contribution is -1.94. The molecule has 0 aliphatic rings. The van der Waals surface area contributed by atoms with Crippen molar-refractivity contribution in [3.05, 3.63) is 29.8 Å². The molecule has 0 spiro atoms. The normalized spacial score (nSPS) is 10.0. The van der Waals surface area contributed by atoms with Gasteiger partial charge in [-0.15, -0.1) is 0 Å². The van der Waals surface area contributed by atoms with Crippen molar-refractivity contribution in [2.24, 2.45) is 0 Å². The molecular formula is C7H9FN2S. The minimum absolute atomic E-state index is 0.289. The lowest BCUT2D eigenvalue weighted by Gasteiger charge is -1.97. The van der Waals surface area contributed by atoms with Crippen LogP contribution in [0.3, 0.4) is 0 Å². The quantitative estimate of drug-likeness (QED) is 0.701. The van der Waals surface area contributed by atoms with E-state index in [2.05, 4.69) is 9.71 Å². The number of pyridine rings is 1. The van der Waals surface area contributed by atoms with Crippen LogP contribution in [0.5, 0.6) is 0 Å². The molecule has 0 saturated heterocycles. The van der Waals surface area contributed by atoms with E-state index in [9.17, 15) is 4.39 Å². The molecule has 1 N–H and O–H groups in total. The van der Waals surface area contributed by atoms with E-state index in [-0.39, 0.29) is 5.82 Å². The van der Waals surface area contributed by atoms with Crippen LogP contribution in [0.2, 0.25) is 0 Å². The average Bonchev–Trinajstić information content (AvgIpc) is 2.04. The number of rotatable bonds is 3. The molecular weight excluding hydrogens is 163 g/mol. The topological polar surface area (TPSA) is 24.9 Å². The van der Waals surface area contributed by atoms with Gasteiger partial charge in [0.2, 0.25) is 0 Å². The van der Waals surface area contributed by atoms with Crippen molar-refractivity contribution in [2.75, 3.05) is 7.05 Å². The van der Waals surface area contributed by atoms with Crippen molar-refractivity contribution in [1.29, 1.82) is 0 Å². The van der Waals surface area contributed by atoms with Gasteiger partial charge >= 0.3 is 0 Å². The van der Waals surface area contributed by atoms with Gasteiger partial charge in [0.05, 0.1) is 17.6 Å². The summed E-state index contributed by atoms with van der Waals surface area (Å²) >= 11 is 1.53. The molecule has 4 heteroatoms. The van der Waals surface area contributed by atoms with Gasteiger partial charge in [0, 0.05) is 0 Å². The third-order valence-corrected chi connectivity index (χ3v) is 1.88. The van der Waals surface area contributed by atoms with Crippen LogP contribution in [-0.4, -0.2) is 12.0 Å². The summed E-state index contributed by atoms with van der Waals surface area (Å²) in [5, 5.41) is 0. The number of hydrogen-bond donors (Lipinski definition) is 1. The van der Waals surface area contributed by atoms with E-state index < -0.39 is 0 Å². The number of hydrogen-bond acceptors (Lipinski definition) is 3. The van der Waals surface area contributed by atoms with Crippen molar-refractivity contribution in [2.45, 2.75) is 5.75 Å². The Balaban J connectivity index is 2.52. The number of halogens is 1. The second-order valence-corrected chi connectivity index (χ2v) is 2.95. The Bertz CT molecular complexity index is 212. The van der Waals surface area contributed by atoms with Crippen LogP contribution in [0.15, 0.2) is 18.3 Å². The summed E-state index contributed by atoms with van der Waals surface area (Å²) in [7, 11) is 1.84. The van der Waals surface area contributed by atoms with Gasteiger partial charge in [0.25, 0.3) is 0 Å². The molecule has 0 bridgehead atoms. The zero-order chi connectivity index (χ0) is 8.10. The minimum atomic E-state index is -0.289. The first-order valence-corrected chi connectivity index (χ1v) is 4.20. The van der Waals surface area contributed by atoms with E-state index in [0.29, 0.717) is 0 Å². The average molecular weight is 172 g/mol. The molecule has 0 fully saturated rings. The Morgan fingerprint density at radius 3 is 3.00 bits per heavy atom. The fourth-order valence-corrected chi connectivity index (χ4v) is 1.10. The van der Waals surface area contributed by atoms with Crippen molar-refractivity contribution >= 4 is 11.9 Å². The Hall–Kier alpha value is -0.610. The molecule has 0 atom stereocenters. The fraction of sp³-hybridized carbons (Fsp3) is 0.286. The predicted molar refractivity (Wildman–Crippen MR) is 44.5 cm³/mol. The first-order valence-electron chi connectivity index (χ1n) is 3.22. The van der Waals surface area contributed by atoms with Crippen LogP contribution in [0.25, 0.3) is 0 Å². The van der Waals surface area contributed by atoms with Gasteiger partial charge in [0.1, 0.15) is 5.82 Å². The van der Waals surface area contributed by atoms with Gasteiger partial charge in [-0.2, -0.15) is 0 Å². The van der Waals surface area contributed by atoms with Crippen LogP contribution in [0, 0.1) is 5.82 Å². The monoisotopic (exact) mass is 172 g/mol. The zero-order valence-electron chi connectivity index (χ0n) is 6.17. The molecule has 2 nitrogen and oxygen atoms in total. The number of nitrogens with zero attached hydrogens (tertiary/aromatic N) is 1. The van der Waals surface area contributed by atoms with E-state index in [0.717, 1.165) is 11.4 Å². The van der Waals surface area contributed by atoms with E-state index in [1.54, 1.807) is 6.07 Å². The largest absolute Gasteiger partial charge is 0.267 e. The maximum Gasteiger partial charge on any atom is 0.141 e. The first-order chi connectivity index (χ1) is 5.33. The third kappa shape index (κ3) is 2.86. The smallest absolute Gasteiger partial charge is 0.141 e. The molecule has 0 aliphatic carbocycles. The van der Waals surface area contributed by atoms with Crippen LogP contribution in [-0.2, 0) is 5.75 Å². The summed E-state index contributed by atoms with van der Waals surface area (Å²) in [6.07, 6.45) is 1.23. The highest BCUT2D eigenvalue weighted by atomic mass is 32.2. The van der Waals surface area contributed by atoms with Crippen molar-refractivity contribution in [3.63, 3.8) is 0 Å². The molecule has 1 aromatic heterocycles. The van der Waals surface area contributed by atoms with E-state index in [1.807, 2.05) is 7.05 Å².